The van der Waals surface area contributed by atoms with Crippen LogP contribution in [0.4, 0.5) is 11.9 Å². The zero-order chi connectivity index (χ0) is 13.4. The number of aromatic nitrogens is 3. The Labute approximate surface area is 106 Å². The summed E-state index contributed by atoms with van der Waals surface area (Å²) in [6.45, 7) is 6.39. The van der Waals surface area contributed by atoms with E-state index in [1.54, 1.807) is 7.11 Å². The van der Waals surface area contributed by atoms with Gasteiger partial charge in [-0.2, -0.15) is 15.0 Å². The van der Waals surface area contributed by atoms with E-state index in [9.17, 15) is 0 Å². The summed E-state index contributed by atoms with van der Waals surface area (Å²) >= 11 is 0. The van der Waals surface area contributed by atoms with Gasteiger partial charge in [0.1, 0.15) is 0 Å². The van der Waals surface area contributed by atoms with Gasteiger partial charge in [0.25, 0.3) is 0 Å². The normalized spacial score (nSPS) is 10.2. The van der Waals surface area contributed by atoms with Gasteiger partial charge in [0.15, 0.2) is 0 Å². The molecule has 8 nitrogen and oxygen atoms in total. The highest BCUT2D eigenvalue weighted by Gasteiger charge is 2.12. The van der Waals surface area contributed by atoms with Crippen LogP contribution in [0.25, 0.3) is 0 Å². The van der Waals surface area contributed by atoms with Crippen LogP contribution in [0.5, 0.6) is 6.01 Å². The Morgan fingerprint density at radius 1 is 1.28 bits per heavy atom. The minimum Gasteiger partial charge on any atom is -0.464 e. The van der Waals surface area contributed by atoms with Crippen molar-refractivity contribution in [3.05, 3.63) is 0 Å². The molecule has 0 aliphatic rings. The molecule has 0 bridgehead atoms. The first-order valence-corrected chi connectivity index (χ1v) is 5.84. The van der Waals surface area contributed by atoms with Crippen LogP contribution in [0.3, 0.4) is 0 Å². The van der Waals surface area contributed by atoms with Crippen molar-refractivity contribution in [3.63, 3.8) is 0 Å². The van der Waals surface area contributed by atoms with Gasteiger partial charge in [0, 0.05) is 20.2 Å². The van der Waals surface area contributed by atoms with E-state index in [4.69, 9.17) is 15.3 Å². The second-order valence-corrected chi connectivity index (χ2v) is 3.39. The Balaban J connectivity index is 2.93. The molecule has 0 atom stereocenters. The van der Waals surface area contributed by atoms with Gasteiger partial charge in [-0.15, -0.1) is 0 Å². The topological polar surface area (TPSA) is 98.4 Å². The van der Waals surface area contributed by atoms with Gasteiger partial charge in [-0.1, -0.05) is 0 Å². The summed E-state index contributed by atoms with van der Waals surface area (Å²) in [6.07, 6.45) is 0. The Morgan fingerprint density at radius 3 is 2.61 bits per heavy atom. The second-order valence-electron chi connectivity index (χ2n) is 3.39. The van der Waals surface area contributed by atoms with Crippen molar-refractivity contribution in [2.24, 2.45) is 5.84 Å². The van der Waals surface area contributed by atoms with E-state index in [0.717, 1.165) is 6.54 Å². The second kappa shape index (κ2) is 7.62. The molecule has 1 aromatic rings. The van der Waals surface area contributed by atoms with Crippen molar-refractivity contribution in [1.29, 1.82) is 0 Å². The molecule has 1 rings (SSSR count). The number of nitrogens with one attached hydrogen (secondary N) is 1. The van der Waals surface area contributed by atoms with Crippen molar-refractivity contribution in [2.45, 2.75) is 13.8 Å². The van der Waals surface area contributed by atoms with Gasteiger partial charge in [0.2, 0.25) is 11.9 Å². The first kappa shape index (κ1) is 14.4. The summed E-state index contributed by atoms with van der Waals surface area (Å²) < 4.78 is 10.3. The van der Waals surface area contributed by atoms with Crippen LogP contribution in [0.15, 0.2) is 0 Å². The zero-order valence-electron chi connectivity index (χ0n) is 11.0. The van der Waals surface area contributed by atoms with Crippen LogP contribution in [0.2, 0.25) is 0 Å². The molecule has 0 unspecified atom stereocenters. The first-order valence-electron chi connectivity index (χ1n) is 5.84. The minimum atomic E-state index is 0.256. The third kappa shape index (κ3) is 3.97. The number of rotatable bonds is 8. The smallest absolute Gasteiger partial charge is 0.323 e. The lowest BCUT2D eigenvalue weighted by Crippen LogP contribution is -2.29. The predicted octanol–water partition coefficient (Wildman–Crippen LogP) is 0.0286. The summed E-state index contributed by atoms with van der Waals surface area (Å²) in [5.41, 5.74) is 2.40. The molecule has 1 aromatic heterocycles. The van der Waals surface area contributed by atoms with Crippen molar-refractivity contribution in [2.75, 3.05) is 43.7 Å². The van der Waals surface area contributed by atoms with Gasteiger partial charge >= 0.3 is 6.01 Å². The molecule has 0 aliphatic heterocycles. The molecular formula is C10H20N6O2. The standard InChI is InChI=1S/C10H20N6O2/c1-4-16(6-7-17-3)9-12-8(15-11)13-10(14-9)18-5-2/h4-7,11H2,1-3H3,(H,12,13,14,15). The SMILES string of the molecule is CCOc1nc(NN)nc(N(CC)CCOC)n1. The highest BCUT2D eigenvalue weighted by Crippen LogP contribution is 2.14. The maximum atomic E-state index is 5.32. The molecule has 0 amide bonds. The van der Waals surface area contributed by atoms with Crippen molar-refractivity contribution in [1.82, 2.24) is 15.0 Å². The van der Waals surface area contributed by atoms with Crippen LogP contribution in [0, 0.1) is 0 Å². The molecule has 0 aliphatic carbocycles. The highest BCUT2D eigenvalue weighted by molar-refractivity contribution is 5.37. The average Bonchev–Trinajstić information content (AvgIpc) is 2.39. The Morgan fingerprint density at radius 2 is 2.06 bits per heavy atom. The van der Waals surface area contributed by atoms with E-state index in [1.807, 2.05) is 18.7 Å². The predicted molar refractivity (Wildman–Crippen MR) is 68.6 cm³/mol. The fourth-order valence-electron chi connectivity index (χ4n) is 1.35. The van der Waals surface area contributed by atoms with Crippen LogP contribution in [0.1, 0.15) is 13.8 Å². The minimum absolute atomic E-state index is 0.256. The molecule has 0 saturated carbocycles. The molecule has 0 spiro atoms. The van der Waals surface area contributed by atoms with E-state index in [2.05, 4.69) is 20.4 Å². The molecule has 0 aromatic carbocycles. The van der Waals surface area contributed by atoms with Crippen molar-refractivity contribution >= 4 is 11.9 Å². The number of anilines is 2. The molecule has 3 N–H and O–H groups in total. The number of likely N-dealkylation sites (N-methyl/N-ethyl adjacent to an activating group) is 1. The lowest BCUT2D eigenvalue weighted by atomic mass is 10.5. The number of methoxy groups -OCH3 is 1. The Bertz CT molecular complexity index is 362. The largest absolute Gasteiger partial charge is 0.464 e. The number of nitrogen functional groups attached to an aromatic ring is 1. The van der Waals surface area contributed by atoms with Gasteiger partial charge in [-0.3, -0.25) is 5.43 Å². The van der Waals surface area contributed by atoms with E-state index in [0.29, 0.717) is 25.7 Å². The summed E-state index contributed by atoms with van der Waals surface area (Å²) in [4.78, 5) is 14.4. The summed E-state index contributed by atoms with van der Waals surface area (Å²) in [6, 6.07) is 0.256. The lowest BCUT2D eigenvalue weighted by molar-refractivity contribution is 0.205. The molecule has 1 heterocycles. The molecule has 0 saturated heterocycles. The first-order chi connectivity index (χ1) is 8.74. The fourth-order valence-corrected chi connectivity index (χ4v) is 1.35. The fraction of sp³-hybridized carbons (Fsp3) is 0.700. The van der Waals surface area contributed by atoms with Crippen LogP contribution >= 0.6 is 0 Å². The number of hydrogen-bond donors (Lipinski definition) is 2. The van der Waals surface area contributed by atoms with Gasteiger partial charge in [-0.25, -0.2) is 5.84 Å². The third-order valence-electron chi connectivity index (χ3n) is 2.24. The Hall–Kier alpha value is -1.67. The molecule has 8 heteroatoms. The molecule has 102 valence electrons. The number of hydrogen-bond acceptors (Lipinski definition) is 8. The molecule has 0 radical (unpaired) electrons. The Kier molecular flexibility index (Phi) is 6.09. The van der Waals surface area contributed by atoms with Crippen molar-refractivity contribution < 1.29 is 9.47 Å². The van der Waals surface area contributed by atoms with E-state index in [1.165, 1.54) is 0 Å². The van der Waals surface area contributed by atoms with E-state index in [-0.39, 0.29) is 12.0 Å². The maximum Gasteiger partial charge on any atom is 0.323 e. The highest BCUT2D eigenvalue weighted by atomic mass is 16.5. The van der Waals surface area contributed by atoms with Gasteiger partial charge in [0.05, 0.1) is 13.2 Å². The quantitative estimate of drug-likeness (QED) is 0.496. The zero-order valence-corrected chi connectivity index (χ0v) is 11.0. The number of nitrogens with two attached hydrogens (primary N) is 1. The number of ether oxygens (including phenoxy) is 2. The molecular weight excluding hydrogens is 236 g/mol. The monoisotopic (exact) mass is 256 g/mol. The molecule has 0 fully saturated rings. The summed E-state index contributed by atoms with van der Waals surface area (Å²) in [5, 5.41) is 0. The van der Waals surface area contributed by atoms with Crippen LogP contribution < -0.4 is 20.9 Å². The van der Waals surface area contributed by atoms with Crippen LogP contribution in [-0.4, -0.2) is 48.4 Å². The number of nitrogens with zero attached hydrogens (tertiary/aromatic N) is 4. The van der Waals surface area contributed by atoms with E-state index >= 15 is 0 Å². The number of hydrazine groups is 1. The third-order valence-corrected chi connectivity index (χ3v) is 2.24. The summed E-state index contributed by atoms with van der Waals surface area (Å²) in [7, 11) is 1.65. The van der Waals surface area contributed by atoms with Crippen LogP contribution in [-0.2, 0) is 4.74 Å². The van der Waals surface area contributed by atoms with Crippen molar-refractivity contribution in [3.8, 4) is 6.01 Å². The summed E-state index contributed by atoms with van der Waals surface area (Å²) in [5.74, 6) is 6.12. The van der Waals surface area contributed by atoms with Gasteiger partial charge < -0.3 is 14.4 Å². The average molecular weight is 256 g/mol. The lowest BCUT2D eigenvalue weighted by Gasteiger charge is -2.20. The molecule has 18 heavy (non-hydrogen) atoms. The maximum absolute atomic E-state index is 5.32. The van der Waals surface area contributed by atoms with Gasteiger partial charge in [-0.05, 0) is 13.8 Å². The van der Waals surface area contributed by atoms with E-state index < -0.39 is 0 Å².